The number of nitrogens with one attached hydrogen (secondary N) is 3. The smallest absolute Gasteiger partial charge is 0.220 e. The van der Waals surface area contributed by atoms with Crippen LogP contribution in [0.3, 0.4) is 0 Å². The fourth-order valence-corrected chi connectivity index (χ4v) is 11.8. The van der Waals surface area contributed by atoms with Gasteiger partial charge in [0.1, 0.15) is 61.0 Å². The van der Waals surface area contributed by atoms with E-state index in [2.05, 4.69) is 70.5 Å². The Balaban J connectivity index is 0.714. The van der Waals surface area contributed by atoms with Crippen LogP contribution in [0, 0.1) is 0 Å². The summed E-state index contributed by atoms with van der Waals surface area (Å²) in [6.07, 6.45) is -16.9. The third kappa shape index (κ3) is 15.1. The van der Waals surface area contributed by atoms with Crippen LogP contribution in [0.5, 0.6) is 0 Å². The standard InChI is InChI=1S/C53H81N9O15S2/c54-24-34-42(65)44(67)39(58)50(73-34)75-47-32(57)23-31(56)41(64)49(47)77-52-46(69)48(76-51-40(59)45(68)43(66)35(25-55)74-51)33(72-52)13-21-79-22-16-62-53(78)61-15-18-71-20-19-70-17-14-60-36(63)6-2-3-26-7-8-29-10-9-27-4-1-5-28-11-12-30(26)38(29)37(27)28/h1,4-5,7-12,31-35,39-52,64-69H,2-3,6,13-25,54-59H2,(H,60,63)(H2,61,62,78)/t31-,32+,33+,34+,35+,39+,40-,41+,42+,43-,44+,45-,46+,47-,48+,49-,50+,51-,52-/m0/s1. The Morgan fingerprint density at radius 3 is 1.80 bits per heavy atom. The van der Waals surface area contributed by atoms with Crippen molar-refractivity contribution in [3.63, 3.8) is 0 Å². The highest BCUT2D eigenvalue weighted by atomic mass is 32.2. The van der Waals surface area contributed by atoms with E-state index in [9.17, 15) is 35.4 Å². The number of thiocarbonyl (C=S) groups is 1. The van der Waals surface area contributed by atoms with Crippen molar-refractivity contribution in [3.8, 4) is 0 Å². The number of hydrogen-bond acceptors (Lipinski definition) is 23. The van der Waals surface area contributed by atoms with Gasteiger partial charge in [-0.25, -0.2) is 0 Å². The van der Waals surface area contributed by atoms with E-state index in [0.29, 0.717) is 75.5 Å². The van der Waals surface area contributed by atoms with Crippen LogP contribution in [0.2, 0.25) is 0 Å². The fraction of sp³-hybridized carbons (Fsp3) is 0.660. The molecule has 4 aromatic rings. The molecule has 0 aromatic heterocycles. The van der Waals surface area contributed by atoms with Crippen LogP contribution in [0.4, 0.5) is 0 Å². The number of aliphatic hydroxyl groups excluding tert-OH is 6. The maximum atomic E-state index is 12.6. The first-order valence-electron chi connectivity index (χ1n) is 27.2. The largest absolute Gasteiger partial charge is 0.389 e. The predicted molar refractivity (Wildman–Crippen MR) is 300 cm³/mol. The number of benzene rings is 4. The summed E-state index contributed by atoms with van der Waals surface area (Å²) in [4.78, 5) is 12.6. The van der Waals surface area contributed by atoms with Gasteiger partial charge in [-0.15, -0.1) is 0 Å². The van der Waals surface area contributed by atoms with Gasteiger partial charge in [0.15, 0.2) is 24.0 Å². The molecule has 79 heavy (non-hydrogen) atoms. The Labute approximate surface area is 468 Å². The average Bonchev–Trinajstić information content (AvgIpc) is 3.82. The Hall–Kier alpha value is -3.37. The van der Waals surface area contributed by atoms with E-state index >= 15 is 0 Å². The lowest BCUT2D eigenvalue weighted by Crippen LogP contribution is -2.68. The van der Waals surface area contributed by atoms with Crippen molar-refractivity contribution in [1.82, 2.24) is 16.0 Å². The molecule has 0 bridgehead atoms. The molecule has 1 saturated carbocycles. The molecule has 8 rings (SSSR count). The van der Waals surface area contributed by atoms with Crippen molar-refractivity contribution in [2.45, 2.75) is 148 Å². The average molecular weight is 1150 g/mol. The highest BCUT2D eigenvalue weighted by Crippen LogP contribution is 2.38. The van der Waals surface area contributed by atoms with Crippen LogP contribution < -0.4 is 50.4 Å². The van der Waals surface area contributed by atoms with Gasteiger partial charge in [0, 0.05) is 57.0 Å². The molecule has 3 saturated heterocycles. The van der Waals surface area contributed by atoms with E-state index in [1.54, 1.807) is 11.8 Å². The lowest BCUT2D eigenvalue weighted by molar-refractivity contribution is -0.306. The lowest BCUT2D eigenvalue weighted by Gasteiger charge is -2.47. The molecule has 21 N–H and O–H groups in total. The van der Waals surface area contributed by atoms with Gasteiger partial charge >= 0.3 is 0 Å². The summed E-state index contributed by atoms with van der Waals surface area (Å²) >= 11 is 7.01. The maximum absolute atomic E-state index is 12.6. The molecule has 19 atom stereocenters. The molecule has 1 aliphatic carbocycles. The minimum atomic E-state index is -1.54. The molecule has 26 heteroatoms. The van der Waals surface area contributed by atoms with Crippen LogP contribution in [-0.2, 0) is 49.1 Å². The highest BCUT2D eigenvalue weighted by molar-refractivity contribution is 7.99. The SMILES string of the molecule is NC[C@H]1O[C@@H](O[C@H]2[C@@H](O)[C@H](O[C@H]3[C@H](O)[C@@H](N)C[C@@H](N)[C@@H]3O[C@H]3O[C@H](CN)[C@@H](O)[C@H](O)[C@H]3N)O[C@@H]2CCSCCNC(=S)NCCOCCOCCNC(=O)CCCc2ccc3ccc4cccc5ccc2c3c45)[C@@H](N)[C@H](O)[C@H]1O. The number of rotatable bonds is 27. The van der Waals surface area contributed by atoms with Crippen LogP contribution in [0.15, 0.2) is 54.6 Å². The predicted octanol–water partition coefficient (Wildman–Crippen LogP) is -3.23. The molecule has 3 aliphatic heterocycles. The summed E-state index contributed by atoms with van der Waals surface area (Å²) < 4.78 is 47.9. The number of carbonyl (C=O) groups excluding carboxylic acids is 1. The third-order valence-corrected chi connectivity index (χ3v) is 16.5. The molecule has 0 unspecified atom stereocenters. The zero-order valence-corrected chi connectivity index (χ0v) is 45.8. The Kier molecular flexibility index (Phi) is 22.8. The van der Waals surface area contributed by atoms with Crippen molar-refractivity contribution in [3.05, 3.63) is 60.2 Å². The summed E-state index contributed by atoms with van der Waals surface area (Å²) in [5.74, 6) is 1.13. The molecular weight excluding hydrogens is 1070 g/mol. The summed E-state index contributed by atoms with van der Waals surface area (Å²) in [5.41, 5.74) is 38.1. The van der Waals surface area contributed by atoms with Gasteiger partial charge in [-0.1, -0.05) is 54.6 Å². The molecule has 440 valence electrons. The normalized spacial score (nSPS) is 34.2. The Morgan fingerprint density at radius 1 is 0.595 bits per heavy atom. The number of aliphatic hydroxyl groups is 6. The highest BCUT2D eigenvalue weighted by Gasteiger charge is 2.54. The summed E-state index contributed by atoms with van der Waals surface area (Å²) in [7, 11) is 0. The van der Waals surface area contributed by atoms with E-state index < -0.39 is 116 Å². The molecule has 3 heterocycles. The van der Waals surface area contributed by atoms with Gasteiger partial charge in [0.05, 0.1) is 50.7 Å². The maximum Gasteiger partial charge on any atom is 0.220 e. The molecule has 4 fully saturated rings. The second-order valence-corrected chi connectivity index (χ2v) is 22.3. The van der Waals surface area contributed by atoms with Crippen molar-refractivity contribution < 1.29 is 73.3 Å². The van der Waals surface area contributed by atoms with E-state index in [4.69, 9.17) is 84.5 Å². The van der Waals surface area contributed by atoms with E-state index in [0.717, 1.165) is 12.8 Å². The molecular formula is C53H81N9O15S2. The molecule has 24 nitrogen and oxygen atoms in total. The summed E-state index contributed by atoms with van der Waals surface area (Å²) in [6, 6.07) is 15.3. The summed E-state index contributed by atoms with van der Waals surface area (Å²) in [5, 5.41) is 82.6. The number of aryl methyl sites for hydroxylation is 1. The van der Waals surface area contributed by atoms with Crippen molar-refractivity contribution in [2.75, 3.05) is 70.7 Å². The van der Waals surface area contributed by atoms with Crippen LogP contribution in [0.25, 0.3) is 32.3 Å². The van der Waals surface area contributed by atoms with Crippen molar-refractivity contribution in [1.29, 1.82) is 0 Å². The monoisotopic (exact) mass is 1150 g/mol. The van der Waals surface area contributed by atoms with Gasteiger partial charge in [-0.3, -0.25) is 4.79 Å². The van der Waals surface area contributed by atoms with Crippen LogP contribution >= 0.6 is 24.0 Å². The molecule has 1 amide bonds. The topological polar surface area (TPSA) is 404 Å². The lowest BCUT2D eigenvalue weighted by atomic mass is 9.84. The minimum Gasteiger partial charge on any atom is -0.389 e. The Morgan fingerprint density at radius 2 is 1.15 bits per heavy atom. The van der Waals surface area contributed by atoms with Gasteiger partial charge < -0.3 is 119 Å². The first-order chi connectivity index (χ1) is 38.1. The molecule has 0 radical (unpaired) electrons. The summed E-state index contributed by atoms with van der Waals surface area (Å²) in [6.45, 7) is 2.62. The number of ether oxygens (including phenoxy) is 8. The molecule has 0 spiro atoms. The second kappa shape index (κ2) is 29.2. The second-order valence-electron chi connectivity index (χ2n) is 20.7. The first-order valence-corrected chi connectivity index (χ1v) is 28.8. The third-order valence-electron chi connectivity index (χ3n) is 15.2. The van der Waals surface area contributed by atoms with Crippen molar-refractivity contribution in [2.24, 2.45) is 34.4 Å². The van der Waals surface area contributed by atoms with Crippen LogP contribution in [0.1, 0.15) is 31.2 Å². The van der Waals surface area contributed by atoms with Crippen molar-refractivity contribution >= 4 is 67.3 Å². The van der Waals surface area contributed by atoms with Gasteiger partial charge in [0.25, 0.3) is 0 Å². The Bertz CT molecular complexity index is 2530. The molecule has 4 aliphatic rings. The zero-order chi connectivity index (χ0) is 56.3. The van der Waals surface area contributed by atoms with Gasteiger partial charge in [0.2, 0.25) is 5.91 Å². The van der Waals surface area contributed by atoms with Crippen LogP contribution in [-0.4, -0.2) is 229 Å². The zero-order valence-electron chi connectivity index (χ0n) is 44.1. The number of nitrogens with two attached hydrogens (primary N) is 6. The van der Waals surface area contributed by atoms with E-state index in [1.807, 2.05) is 0 Å². The number of amides is 1. The first kappa shape index (κ1) is 61.7. The van der Waals surface area contributed by atoms with Gasteiger partial charge in [-0.05, 0) is 81.5 Å². The quantitative estimate of drug-likeness (QED) is 0.0159. The fourth-order valence-electron chi connectivity index (χ4n) is 10.8. The number of carbonyl (C=O) groups is 1. The van der Waals surface area contributed by atoms with E-state index in [-0.39, 0.29) is 25.4 Å². The molecule has 4 aromatic carbocycles. The minimum absolute atomic E-state index is 0.000825. The van der Waals surface area contributed by atoms with Gasteiger partial charge in [-0.2, -0.15) is 11.8 Å². The number of hydrogen-bond donors (Lipinski definition) is 15. The van der Waals surface area contributed by atoms with E-state index in [1.165, 1.54) is 37.9 Å². The number of thioether (sulfide) groups is 1.